The van der Waals surface area contributed by atoms with Gasteiger partial charge in [0.1, 0.15) is 17.5 Å². The van der Waals surface area contributed by atoms with Crippen LogP contribution in [-0.4, -0.2) is 30.3 Å². The summed E-state index contributed by atoms with van der Waals surface area (Å²) in [4.78, 5) is 31.9. The molecule has 3 aromatic rings. The van der Waals surface area contributed by atoms with E-state index in [1.807, 2.05) is 18.2 Å². The summed E-state index contributed by atoms with van der Waals surface area (Å²) in [5, 5.41) is 5.32. The minimum atomic E-state index is -4.87. The second kappa shape index (κ2) is 13.1. The second-order valence-electron chi connectivity index (χ2n) is 9.77. The number of benzene rings is 3. The average molecular weight is 576 g/mol. The van der Waals surface area contributed by atoms with E-state index in [0.29, 0.717) is 35.5 Å². The number of rotatable bonds is 10. The predicted octanol–water partition coefficient (Wildman–Crippen LogP) is 6.83. The zero-order valence-electron chi connectivity index (χ0n) is 22.6. The van der Waals surface area contributed by atoms with Crippen LogP contribution in [0.1, 0.15) is 37.0 Å². The number of halogens is 3. The fraction of sp³-hybridized carbons (Fsp3) is 0.226. The van der Waals surface area contributed by atoms with Crippen molar-refractivity contribution in [1.82, 2.24) is 0 Å². The fourth-order valence-electron chi connectivity index (χ4n) is 3.97. The number of amides is 2. The van der Waals surface area contributed by atoms with Crippen LogP contribution in [0.2, 0.25) is 0 Å². The highest BCUT2D eigenvalue weighted by Crippen LogP contribution is 2.34. The third-order valence-electron chi connectivity index (χ3n) is 6.24. The Morgan fingerprint density at radius 1 is 1.05 bits per heavy atom. The lowest BCUT2D eigenvalue weighted by Gasteiger charge is -2.20. The van der Waals surface area contributed by atoms with Gasteiger partial charge in [-0.25, -0.2) is 9.84 Å². The number of hydrogen-bond acceptors (Lipinski definition) is 5. The van der Waals surface area contributed by atoms with Crippen molar-refractivity contribution in [3.63, 3.8) is 0 Å². The topological polar surface area (TPSA) is 110 Å². The summed E-state index contributed by atoms with van der Waals surface area (Å²) < 4.78 is 45.9. The van der Waals surface area contributed by atoms with Gasteiger partial charge >= 0.3 is 6.18 Å². The number of nitrogens with one attached hydrogen (secondary N) is 2. The largest absolute Gasteiger partial charge is 0.430 e. The smallest absolute Gasteiger partial charge is 0.395 e. The van der Waals surface area contributed by atoms with Crippen molar-refractivity contribution >= 4 is 40.3 Å². The molecule has 0 heterocycles. The lowest BCUT2D eigenvalue weighted by atomic mass is 10.00. The number of aliphatic imine (C=N–C) groups is 1. The number of alkyl halides is 3. The van der Waals surface area contributed by atoms with E-state index in [0.717, 1.165) is 18.4 Å². The van der Waals surface area contributed by atoms with E-state index in [1.165, 1.54) is 31.2 Å². The zero-order chi connectivity index (χ0) is 30.3. The van der Waals surface area contributed by atoms with Gasteiger partial charge in [-0.3, -0.25) is 9.59 Å². The van der Waals surface area contributed by atoms with Crippen molar-refractivity contribution in [2.45, 2.75) is 32.0 Å². The molecule has 4 N–H and O–H groups in total. The van der Waals surface area contributed by atoms with Crippen LogP contribution < -0.4 is 16.4 Å². The van der Waals surface area contributed by atoms with Gasteiger partial charge in [-0.15, -0.1) is 0 Å². The molecular formula is C31H28F3N5O3. The van der Waals surface area contributed by atoms with Crippen molar-refractivity contribution < 1.29 is 27.5 Å². The van der Waals surface area contributed by atoms with Gasteiger partial charge < -0.3 is 21.1 Å². The molecule has 3 aromatic carbocycles. The summed E-state index contributed by atoms with van der Waals surface area (Å²) in [6.45, 7) is 9.11. The maximum atomic E-state index is 13.2. The third kappa shape index (κ3) is 8.52. The normalized spacial score (nSPS) is 14.5. The Hall–Kier alpha value is -4.95. The standard InChI is InChI=1S/C31H28F3N5O3/c1-19(40)37-23-13-11-21(12-14-23)29(42-18-20-9-10-20)22-5-3-7-25(15-22)39-30(41)27(17-28(35)31(32,33)34)38-26-8-4-6-24(16-26)36-2/h3-8,11-17,20,29H,9-10,18,35H2,1H3,(H,37,40)(H,39,41)/b28-17-,38-27?. The molecule has 0 aromatic heterocycles. The highest BCUT2D eigenvalue weighted by Gasteiger charge is 2.32. The van der Waals surface area contributed by atoms with Gasteiger partial charge in [0.15, 0.2) is 5.69 Å². The monoisotopic (exact) mass is 575 g/mol. The minimum Gasteiger partial charge on any atom is -0.395 e. The van der Waals surface area contributed by atoms with E-state index in [1.54, 1.807) is 30.3 Å². The number of carbonyl (C=O) groups excluding carboxylic acids is 2. The molecule has 1 aliphatic rings. The van der Waals surface area contributed by atoms with Gasteiger partial charge in [0.2, 0.25) is 5.91 Å². The number of allylic oxidation sites excluding steroid dienone is 1. The van der Waals surface area contributed by atoms with Gasteiger partial charge in [-0.1, -0.05) is 36.4 Å². The maximum Gasteiger partial charge on any atom is 0.430 e. The molecule has 11 heteroatoms. The number of carbonyl (C=O) groups is 2. The molecule has 4 rings (SSSR count). The van der Waals surface area contributed by atoms with Crippen molar-refractivity contribution in [2.24, 2.45) is 16.6 Å². The minimum absolute atomic E-state index is 0.116. The summed E-state index contributed by atoms with van der Waals surface area (Å²) in [5.74, 6) is -0.649. The molecule has 8 nitrogen and oxygen atoms in total. The lowest BCUT2D eigenvalue weighted by molar-refractivity contribution is -0.114. The zero-order valence-corrected chi connectivity index (χ0v) is 22.6. The molecule has 0 saturated heterocycles. The summed E-state index contributed by atoms with van der Waals surface area (Å²) >= 11 is 0. The number of anilines is 2. The Morgan fingerprint density at radius 2 is 1.76 bits per heavy atom. The molecule has 0 bridgehead atoms. The first kappa shape index (κ1) is 30.0. The van der Waals surface area contributed by atoms with Crippen molar-refractivity contribution in [1.29, 1.82) is 0 Å². The SMILES string of the molecule is [C-]#[N+]c1cccc(N=C(/C=C(\N)C(F)(F)F)C(=O)Nc2cccc(C(OCC3CC3)c3ccc(NC(C)=O)cc3)c2)c1. The molecule has 216 valence electrons. The molecule has 1 unspecified atom stereocenters. The van der Waals surface area contributed by atoms with Crippen molar-refractivity contribution in [2.75, 3.05) is 17.2 Å². The van der Waals surface area contributed by atoms with Crippen LogP contribution in [0.5, 0.6) is 0 Å². The molecule has 0 spiro atoms. The fourth-order valence-corrected chi connectivity index (χ4v) is 3.97. The molecule has 1 aliphatic carbocycles. The predicted molar refractivity (Wildman–Crippen MR) is 154 cm³/mol. The van der Waals surface area contributed by atoms with Crippen LogP contribution in [0.3, 0.4) is 0 Å². The highest BCUT2D eigenvalue weighted by atomic mass is 19.4. The van der Waals surface area contributed by atoms with Gasteiger partial charge in [0.25, 0.3) is 5.91 Å². The van der Waals surface area contributed by atoms with E-state index >= 15 is 0 Å². The van der Waals surface area contributed by atoms with Gasteiger partial charge in [-0.2, -0.15) is 13.2 Å². The van der Waals surface area contributed by atoms with Crippen LogP contribution >= 0.6 is 0 Å². The maximum absolute atomic E-state index is 13.2. The van der Waals surface area contributed by atoms with Gasteiger partial charge in [0, 0.05) is 18.3 Å². The number of hydrogen-bond donors (Lipinski definition) is 3. The lowest BCUT2D eigenvalue weighted by Crippen LogP contribution is -2.26. The van der Waals surface area contributed by atoms with Crippen LogP contribution in [0.4, 0.5) is 35.9 Å². The quantitative estimate of drug-likeness (QED) is 0.182. The molecule has 0 radical (unpaired) electrons. The van der Waals surface area contributed by atoms with Crippen LogP contribution in [-0.2, 0) is 14.3 Å². The first-order valence-corrected chi connectivity index (χ1v) is 13.0. The van der Waals surface area contributed by atoms with Crippen molar-refractivity contribution in [3.8, 4) is 0 Å². The summed E-state index contributed by atoms with van der Waals surface area (Å²) in [7, 11) is 0. The Morgan fingerprint density at radius 3 is 2.40 bits per heavy atom. The number of nitrogens with two attached hydrogens (primary N) is 1. The third-order valence-corrected chi connectivity index (χ3v) is 6.24. The van der Waals surface area contributed by atoms with E-state index < -0.39 is 29.6 Å². The van der Waals surface area contributed by atoms with Crippen LogP contribution in [0, 0.1) is 12.5 Å². The first-order chi connectivity index (χ1) is 20.0. The van der Waals surface area contributed by atoms with E-state index in [-0.39, 0.29) is 17.3 Å². The number of nitrogens with zero attached hydrogens (tertiary/aromatic N) is 2. The molecule has 0 aliphatic heterocycles. The second-order valence-corrected chi connectivity index (χ2v) is 9.77. The van der Waals surface area contributed by atoms with E-state index in [9.17, 15) is 22.8 Å². The molecule has 1 atom stereocenters. The van der Waals surface area contributed by atoms with E-state index in [2.05, 4.69) is 20.5 Å². The van der Waals surface area contributed by atoms with Gasteiger partial charge in [-0.05, 0) is 72.4 Å². The van der Waals surface area contributed by atoms with Gasteiger partial charge in [0.05, 0.1) is 18.9 Å². The summed E-state index contributed by atoms with van der Waals surface area (Å²) in [5.41, 5.74) is 5.89. The highest BCUT2D eigenvalue weighted by molar-refractivity contribution is 6.47. The summed E-state index contributed by atoms with van der Waals surface area (Å²) in [6.07, 6.45) is -2.75. The Labute approximate surface area is 240 Å². The Kier molecular flexibility index (Phi) is 9.39. The van der Waals surface area contributed by atoms with Crippen molar-refractivity contribution in [3.05, 3.63) is 107 Å². The average Bonchev–Trinajstić information content (AvgIpc) is 3.78. The molecule has 2 amide bonds. The number of ether oxygens (including phenoxy) is 1. The molecule has 42 heavy (non-hydrogen) atoms. The Balaban J connectivity index is 1.63. The molecule has 1 saturated carbocycles. The molecule has 1 fully saturated rings. The Bertz CT molecular complexity index is 1550. The first-order valence-electron chi connectivity index (χ1n) is 13.0. The summed E-state index contributed by atoms with van der Waals surface area (Å²) in [6, 6.07) is 19.8. The van der Waals surface area contributed by atoms with Crippen LogP contribution in [0.25, 0.3) is 4.85 Å². The van der Waals surface area contributed by atoms with Crippen LogP contribution in [0.15, 0.2) is 89.6 Å². The van der Waals surface area contributed by atoms with E-state index in [4.69, 9.17) is 17.0 Å². The molecular weight excluding hydrogens is 547 g/mol.